The van der Waals surface area contributed by atoms with Crippen molar-refractivity contribution in [2.75, 3.05) is 11.9 Å². The third-order valence-electron chi connectivity index (χ3n) is 4.54. The molecule has 1 spiro atoms. The van der Waals surface area contributed by atoms with Gasteiger partial charge in [-0.25, -0.2) is 0 Å². The molecule has 1 aliphatic carbocycles. The molecule has 0 aromatic heterocycles. The van der Waals surface area contributed by atoms with Crippen molar-refractivity contribution in [2.24, 2.45) is 0 Å². The van der Waals surface area contributed by atoms with E-state index in [0.29, 0.717) is 0 Å². The topological polar surface area (TPSA) is 20.3 Å². The van der Waals surface area contributed by atoms with E-state index in [1.165, 1.54) is 0 Å². The maximum Gasteiger partial charge on any atom is 0.242 e. The fraction of sp³-hybridized carbons (Fsp3) is 0.167. The van der Waals surface area contributed by atoms with Crippen LogP contribution in [0.15, 0.2) is 54.6 Å². The van der Waals surface area contributed by atoms with Crippen LogP contribution in [0.25, 0.3) is 6.08 Å². The van der Waals surface area contributed by atoms with E-state index in [9.17, 15) is 4.79 Å². The largest absolute Gasteiger partial charge is 0.314 e. The summed E-state index contributed by atoms with van der Waals surface area (Å²) in [6.45, 7) is 0. The highest BCUT2D eigenvalue weighted by Crippen LogP contribution is 2.50. The van der Waals surface area contributed by atoms with Crippen molar-refractivity contribution in [1.82, 2.24) is 0 Å². The van der Waals surface area contributed by atoms with Crippen LogP contribution in [0.1, 0.15) is 23.1 Å². The van der Waals surface area contributed by atoms with Crippen LogP contribution in [-0.2, 0) is 10.2 Å². The molecule has 98 valence electrons. The van der Waals surface area contributed by atoms with Gasteiger partial charge >= 0.3 is 0 Å². The average molecular weight is 261 g/mol. The number of hydrogen-bond acceptors (Lipinski definition) is 1. The van der Waals surface area contributed by atoms with Crippen LogP contribution in [0.4, 0.5) is 5.69 Å². The summed E-state index contributed by atoms with van der Waals surface area (Å²) in [5, 5.41) is 0. The van der Waals surface area contributed by atoms with E-state index in [-0.39, 0.29) is 5.91 Å². The lowest BCUT2D eigenvalue weighted by Gasteiger charge is -2.31. The van der Waals surface area contributed by atoms with Gasteiger partial charge in [0.2, 0.25) is 5.91 Å². The monoisotopic (exact) mass is 261 g/mol. The number of carbonyl (C=O) groups excluding carboxylic acids is 1. The number of benzene rings is 2. The molecule has 0 bridgehead atoms. The van der Waals surface area contributed by atoms with Crippen LogP contribution < -0.4 is 4.90 Å². The van der Waals surface area contributed by atoms with E-state index in [4.69, 9.17) is 0 Å². The Morgan fingerprint density at radius 1 is 1.00 bits per heavy atom. The first-order chi connectivity index (χ1) is 9.75. The number of rotatable bonds is 0. The molecule has 2 aromatic carbocycles. The Hall–Kier alpha value is -2.35. The first-order valence-electron chi connectivity index (χ1n) is 6.89. The minimum atomic E-state index is -0.531. The summed E-state index contributed by atoms with van der Waals surface area (Å²) in [5.41, 5.74) is 3.91. The van der Waals surface area contributed by atoms with Crippen LogP contribution >= 0.6 is 0 Å². The maximum atomic E-state index is 13.0. The first-order valence-corrected chi connectivity index (χ1v) is 6.89. The van der Waals surface area contributed by atoms with E-state index in [2.05, 4.69) is 30.4 Å². The second-order valence-electron chi connectivity index (χ2n) is 5.48. The van der Waals surface area contributed by atoms with Crippen LogP contribution in [0.3, 0.4) is 0 Å². The van der Waals surface area contributed by atoms with Crippen molar-refractivity contribution in [1.29, 1.82) is 0 Å². The van der Waals surface area contributed by atoms with E-state index >= 15 is 0 Å². The number of amides is 1. The molecule has 4 rings (SSSR count). The highest BCUT2D eigenvalue weighted by molar-refractivity contribution is 6.11. The summed E-state index contributed by atoms with van der Waals surface area (Å²) < 4.78 is 0. The lowest BCUT2D eigenvalue weighted by atomic mass is 9.69. The van der Waals surface area contributed by atoms with Crippen LogP contribution in [0.5, 0.6) is 0 Å². The molecule has 0 saturated heterocycles. The average Bonchev–Trinajstić information content (AvgIpc) is 2.72. The lowest BCUT2D eigenvalue weighted by molar-refractivity contribution is -0.121. The van der Waals surface area contributed by atoms with E-state index in [1.54, 1.807) is 4.90 Å². The van der Waals surface area contributed by atoms with Crippen molar-refractivity contribution in [3.05, 3.63) is 71.3 Å². The molecule has 20 heavy (non-hydrogen) atoms. The number of carbonyl (C=O) groups is 1. The molecule has 2 nitrogen and oxygen atoms in total. The van der Waals surface area contributed by atoms with Gasteiger partial charge in [-0.05, 0) is 29.2 Å². The van der Waals surface area contributed by atoms with Gasteiger partial charge in [-0.1, -0.05) is 54.6 Å². The van der Waals surface area contributed by atoms with Gasteiger partial charge in [0.05, 0.1) is 0 Å². The standard InChI is InChI=1S/C18H15NO/c1-19-16-11-5-4-10-15(16)18(17(19)20)12-6-8-13-7-2-3-9-14(13)18/h2-11H,12H2,1H3. The molecule has 1 unspecified atom stereocenters. The second kappa shape index (κ2) is 3.83. The molecule has 1 heterocycles. The highest BCUT2D eigenvalue weighted by atomic mass is 16.2. The molecule has 0 saturated carbocycles. The molecule has 1 atom stereocenters. The zero-order valence-electron chi connectivity index (χ0n) is 11.3. The SMILES string of the molecule is CN1C(=O)C2(CC=Cc3ccccc32)c2ccccc21. The van der Waals surface area contributed by atoms with Gasteiger partial charge in [0.1, 0.15) is 5.41 Å². The Morgan fingerprint density at radius 3 is 2.55 bits per heavy atom. The Labute approximate surface area is 118 Å². The molecule has 0 N–H and O–H groups in total. The van der Waals surface area contributed by atoms with Gasteiger partial charge in [-0.2, -0.15) is 0 Å². The number of hydrogen-bond donors (Lipinski definition) is 0. The molecule has 0 fully saturated rings. The molecule has 2 heteroatoms. The normalized spacial score (nSPS) is 23.1. The van der Waals surface area contributed by atoms with Crippen molar-refractivity contribution in [3.63, 3.8) is 0 Å². The third-order valence-corrected chi connectivity index (χ3v) is 4.54. The zero-order chi connectivity index (χ0) is 13.7. The van der Waals surface area contributed by atoms with Crippen LogP contribution in [0.2, 0.25) is 0 Å². The van der Waals surface area contributed by atoms with Gasteiger partial charge in [0.15, 0.2) is 0 Å². The van der Waals surface area contributed by atoms with E-state index in [0.717, 1.165) is 28.8 Å². The molecule has 1 amide bonds. The van der Waals surface area contributed by atoms with Crippen molar-refractivity contribution >= 4 is 17.7 Å². The highest BCUT2D eigenvalue weighted by Gasteiger charge is 2.51. The number of allylic oxidation sites excluding steroid dienone is 1. The number of anilines is 1. The van der Waals surface area contributed by atoms with Crippen LogP contribution in [0, 0.1) is 0 Å². The molecule has 1 aliphatic heterocycles. The predicted molar refractivity (Wildman–Crippen MR) is 80.7 cm³/mol. The fourth-order valence-electron chi connectivity index (χ4n) is 3.60. The minimum Gasteiger partial charge on any atom is -0.314 e. The summed E-state index contributed by atoms with van der Waals surface area (Å²) >= 11 is 0. The van der Waals surface area contributed by atoms with E-state index in [1.807, 2.05) is 37.4 Å². The number of nitrogens with zero attached hydrogens (tertiary/aromatic N) is 1. The summed E-state index contributed by atoms with van der Waals surface area (Å²) in [4.78, 5) is 14.8. The lowest BCUT2D eigenvalue weighted by Crippen LogP contribution is -2.40. The minimum absolute atomic E-state index is 0.176. The molecular weight excluding hydrogens is 246 g/mol. The van der Waals surface area contributed by atoms with Crippen molar-refractivity contribution < 1.29 is 4.79 Å². The maximum absolute atomic E-state index is 13.0. The Morgan fingerprint density at radius 2 is 1.70 bits per heavy atom. The summed E-state index contributed by atoms with van der Waals surface area (Å²) in [6.07, 6.45) is 4.98. The number of para-hydroxylation sites is 1. The summed E-state index contributed by atoms with van der Waals surface area (Å²) in [5.74, 6) is 0.176. The first kappa shape index (κ1) is 11.5. The molecule has 2 aliphatic rings. The predicted octanol–water partition coefficient (Wildman–Crippen LogP) is 3.37. The van der Waals surface area contributed by atoms with Crippen molar-refractivity contribution in [2.45, 2.75) is 11.8 Å². The summed E-state index contributed by atoms with van der Waals surface area (Å²) in [7, 11) is 1.87. The smallest absolute Gasteiger partial charge is 0.242 e. The third kappa shape index (κ3) is 1.21. The number of likely N-dealkylation sites (N-methyl/N-ethyl adjacent to an activating group) is 1. The van der Waals surface area contributed by atoms with Gasteiger partial charge < -0.3 is 4.90 Å². The van der Waals surface area contributed by atoms with Gasteiger partial charge in [0, 0.05) is 12.7 Å². The molecule has 0 radical (unpaired) electrons. The number of fused-ring (bicyclic) bond motifs is 4. The quantitative estimate of drug-likeness (QED) is 0.712. The molecular formula is C18H15NO. The molecule has 2 aromatic rings. The zero-order valence-corrected chi connectivity index (χ0v) is 11.3. The van der Waals surface area contributed by atoms with Gasteiger partial charge in [-0.3, -0.25) is 4.79 Å². The second-order valence-corrected chi connectivity index (χ2v) is 5.48. The van der Waals surface area contributed by atoms with Crippen LogP contribution in [-0.4, -0.2) is 13.0 Å². The Kier molecular flexibility index (Phi) is 2.19. The Bertz CT molecular complexity index is 747. The summed E-state index contributed by atoms with van der Waals surface area (Å²) in [6, 6.07) is 16.4. The Balaban J connectivity index is 2.08. The van der Waals surface area contributed by atoms with E-state index < -0.39 is 5.41 Å². The fourth-order valence-corrected chi connectivity index (χ4v) is 3.60. The van der Waals surface area contributed by atoms with Crippen molar-refractivity contribution in [3.8, 4) is 0 Å². The van der Waals surface area contributed by atoms with Gasteiger partial charge in [-0.15, -0.1) is 0 Å². The van der Waals surface area contributed by atoms with Gasteiger partial charge in [0.25, 0.3) is 0 Å².